The number of anilines is 1. The summed E-state index contributed by atoms with van der Waals surface area (Å²) in [7, 11) is 0. The molecule has 2 rings (SSSR count). The first-order chi connectivity index (χ1) is 6.84. The molecule has 0 aliphatic rings. The van der Waals surface area contributed by atoms with Crippen LogP contribution in [-0.2, 0) is 6.42 Å². The lowest BCUT2D eigenvalue weighted by Gasteiger charge is -1.99. The van der Waals surface area contributed by atoms with Crippen LogP contribution in [0.4, 0.5) is 5.82 Å². The number of rotatable bonds is 2. The third-order valence-corrected chi connectivity index (χ3v) is 1.85. The molecule has 0 amide bonds. The molecule has 0 radical (unpaired) electrons. The van der Waals surface area contributed by atoms with Crippen LogP contribution in [0.15, 0.2) is 36.7 Å². The first-order valence-corrected chi connectivity index (χ1v) is 4.31. The molecule has 0 spiro atoms. The number of hydrogen-bond acceptors (Lipinski definition) is 4. The van der Waals surface area contributed by atoms with Crippen molar-refractivity contribution in [2.75, 3.05) is 5.73 Å². The Labute approximate surface area is 81.8 Å². The maximum atomic E-state index is 5.43. The van der Waals surface area contributed by atoms with Gasteiger partial charge in [-0.1, -0.05) is 6.07 Å². The molecular formula is C10H10N4. The molecule has 0 aromatic carbocycles. The summed E-state index contributed by atoms with van der Waals surface area (Å²) in [4.78, 5) is 4.03. The van der Waals surface area contributed by atoms with E-state index in [-0.39, 0.29) is 0 Å². The highest BCUT2D eigenvalue weighted by molar-refractivity contribution is 5.27. The van der Waals surface area contributed by atoms with Gasteiger partial charge in [0.25, 0.3) is 0 Å². The van der Waals surface area contributed by atoms with Gasteiger partial charge < -0.3 is 5.73 Å². The Kier molecular flexibility index (Phi) is 2.36. The highest BCUT2D eigenvalue weighted by Gasteiger charge is 1.97. The maximum Gasteiger partial charge on any atom is 0.146 e. The fourth-order valence-corrected chi connectivity index (χ4v) is 1.18. The molecule has 0 unspecified atom stereocenters. The van der Waals surface area contributed by atoms with Crippen molar-refractivity contribution >= 4 is 5.82 Å². The number of nitrogen functional groups attached to an aromatic ring is 1. The van der Waals surface area contributed by atoms with Crippen LogP contribution in [-0.4, -0.2) is 15.2 Å². The van der Waals surface area contributed by atoms with Crippen molar-refractivity contribution in [2.24, 2.45) is 0 Å². The molecule has 0 aliphatic carbocycles. The van der Waals surface area contributed by atoms with Gasteiger partial charge in [-0.3, -0.25) is 4.98 Å². The van der Waals surface area contributed by atoms with Gasteiger partial charge in [0.15, 0.2) is 0 Å². The van der Waals surface area contributed by atoms with Crippen molar-refractivity contribution in [3.63, 3.8) is 0 Å². The normalized spacial score (nSPS) is 10.0. The Morgan fingerprint density at radius 3 is 2.71 bits per heavy atom. The monoisotopic (exact) mass is 186 g/mol. The largest absolute Gasteiger partial charge is 0.382 e. The van der Waals surface area contributed by atoms with E-state index in [1.54, 1.807) is 12.3 Å². The SMILES string of the molecule is Nc1ccc(Cc2cccnc2)nn1. The number of nitrogens with zero attached hydrogens (tertiary/aromatic N) is 3. The summed E-state index contributed by atoms with van der Waals surface area (Å²) in [6.45, 7) is 0. The predicted octanol–water partition coefficient (Wildman–Crippen LogP) is 1.04. The lowest BCUT2D eigenvalue weighted by molar-refractivity contribution is 0.941. The van der Waals surface area contributed by atoms with Crippen molar-refractivity contribution in [2.45, 2.75) is 6.42 Å². The van der Waals surface area contributed by atoms with Crippen LogP contribution < -0.4 is 5.73 Å². The predicted molar refractivity (Wildman–Crippen MR) is 53.5 cm³/mol. The molecule has 0 saturated heterocycles. The fourth-order valence-electron chi connectivity index (χ4n) is 1.18. The van der Waals surface area contributed by atoms with Crippen molar-refractivity contribution in [1.82, 2.24) is 15.2 Å². The Balaban J connectivity index is 2.16. The minimum Gasteiger partial charge on any atom is -0.382 e. The van der Waals surface area contributed by atoms with Gasteiger partial charge in [-0.15, -0.1) is 5.10 Å². The molecule has 4 nitrogen and oxygen atoms in total. The highest BCUT2D eigenvalue weighted by atomic mass is 15.1. The highest BCUT2D eigenvalue weighted by Crippen LogP contribution is 2.05. The van der Waals surface area contributed by atoms with Gasteiger partial charge in [-0.2, -0.15) is 5.10 Å². The Morgan fingerprint density at radius 2 is 2.07 bits per heavy atom. The molecular weight excluding hydrogens is 176 g/mol. The summed E-state index contributed by atoms with van der Waals surface area (Å²) in [5.41, 5.74) is 7.45. The molecule has 70 valence electrons. The molecule has 0 fully saturated rings. The number of hydrogen-bond donors (Lipinski definition) is 1. The zero-order valence-corrected chi connectivity index (χ0v) is 7.59. The van der Waals surface area contributed by atoms with E-state index in [0.717, 1.165) is 17.7 Å². The van der Waals surface area contributed by atoms with Crippen LogP contribution >= 0.6 is 0 Å². The van der Waals surface area contributed by atoms with E-state index in [9.17, 15) is 0 Å². The van der Waals surface area contributed by atoms with Crippen molar-refractivity contribution in [3.8, 4) is 0 Å². The van der Waals surface area contributed by atoms with E-state index >= 15 is 0 Å². The number of pyridine rings is 1. The Morgan fingerprint density at radius 1 is 1.14 bits per heavy atom. The minimum atomic E-state index is 0.444. The van der Waals surface area contributed by atoms with Crippen LogP contribution in [0.2, 0.25) is 0 Å². The van der Waals surface area contributed by atoms with Crippen LogP contribution in [0.25, 0.3) is 0 Å². The zero-order chi connectivity index (χ0) is 9.80. The maximum absolute atomic E-state index is 5.43. The molecule has 2 aromatic rings. The van der Waals surface area contributed by atoms with Crippen LogP contribution in [0.5, 0.6) is 0 Å². The topological polar surface area (TPSA) is 64.7 Å². The van der Waals surface area contributed by atoms with E-state index in [2.05, 4.69) is 15.2 Å². The minimum absolute atomic E-state index is 0.444. The van der Waals surface area contributed by atoms with Gasteiger partial charge in [0.2, 0.25) is 0 Å². The number of nitrogens with two attached hydrogens (primary N) is 1. The average Bonchev–Trinajstić information content (AvgIpc) is 2.23. The third kappa shape index (κ3) is 2.04. The summed E-state index contributed by atoms with van der Waals surface area (Å²) < 4.78 is 0. The molecule has 0 saturated carbocycles. The van der Waals surface area contributed by atoms with Gasteiger partial charge in [0, 0.05) is 18.8 Å². The first kappa shape index (κ1) is 8.62. The van der Waals surface area contributed by atoms with E-state index in [4.69, 9.17) is 5.73 Å². The smallest absolute Gasteiger partial charge is 0.146 e. The molecule has 14 heavy (non-hydrogen) atoms. The lowest BCUT2D eigenvalue weighted by atomic mass is 10.1. The summed E-state index contributed by atoms with van der Waals surface area (Å²) in [6, 6.07) is 7.53. The van der Waals surface area contributed by atoms with E-state index in [1.807, 2.05) is 24.4 Å². The van der Waals surface area contributed by atoms with Crippen molar-refractivity contribution < 1.29 is 0 Å². The zero-order valence-electron chi connectivity index (χ0n) is 7.59. The molecule has 0 aliphatic heterocycles. The van der Waals surface area contributed by atoms with Crippen LogP contribution in [0, 0.1) is 0 Å². The molecule has 0 atom stereocenters. The number of aromatic nitrogens is 3. The molecule has 2 aromatic heterocycles. The molecule has 2 N–H and O–H groups in total. The molecule has 4 heteroatoms. The summed E-state index contributed by atoms with van der Waals surface area (Å²) in [5.74, 6) is 0.444. The molecule has 0 bridgehead atoms. The summed E-state index contributed by atoms with van der Waals surface area (Å²) in [6.07, 6.45) is 4.30. The van der Waals surface area contributed by atoms with Crippen molar-refractivity contribution in [1.29, 1.82) is 0 Å². The van der Waals surface area contributed by atoms with Gasteiger partial charge in [-0.25, -0.2) is 0 Å². The quantitative estimate of drug-likeness (QED) is 0.761. The van der Waals surface area contributed by atoms with Gasteiger partial charge in [-0.05, 0) is 23.8 Å². The van der Waals surface area contributed by atoms with Gasteiger partial charge in [0.05, 0.1) is 5.69 Å². The summed E-state index contributed by atoms with van der Waals surface area (Å²) >= 11 is 0. The van der Waals surface area contributed by atoms with Gasteiger partial charge in [0.1, 0.15) is 5.82 Å². The Hall–Kier alpha value is -1.97. The van der Waals surface area contributed by atoms with Gasteiger partial charge >= 0.3 is 0 Å². The Bertz CT molecular complexity index is 396. The van der Waals surface area contributed by atoms with E-state index < -0.39 is 0 Å². The second-order valence-corrected chi connectivity index (χ2v) is 2.99. The first-order valence-electron chi connectivity index (χ1n) is 4.31. The fraction of sp³-hybridized carbons (Fsp3) is 0.100. The third-order valence-electron chi connectivity index (χ3n) is 1.85. The van der Waals surface area contributed by atoms with Crippen LogP contribution in [0.1, 0.15) is 11.3 Å². The lowest BCUT2D eigenvalue weighted by Crippen LogP contribution is -1.98. The van der Waals surface area contributed by atoms with E-state index in [1.165, 1.54) is 0 Å². The summed E-state index contributed by atoms with van der Waals surface area (Å²) in [5, 5.41) is 7.75. The van der Waals surface area contributed by atoms with Crippen LogP contribution in [0.3, 0.4) is 0 Å². The second kappa shape index (κ2) is 3.83. The average molecular weight is 186 g/mol. The standard InChI is InChI=1S/C10H10N4/c11-10-4-3-9(13-14-10)6-8-2-1-5-12-7-8/h1-5,7H,6H2,(H2,11,14). The van der Waals surface area contributed by atoms with E-state index in [0.29, 0.717) is 5.82 Å². The molecule has 2 heterocycles. The van der Waals surface area contributed by atoms with Crippen molar-refractivity contribution in [3.05, 3.63) is 47.9 Å². The second-order valence-electron chi connectivity index (χ2n) is 2.99.